The zero-order valence-electron chi connectivity index (χ0n) is 18.9. The van der Waals surface area contributed by atoms with Gasteiger partial charge in [-0.2, -0.15) is 0 Å². The van der Waals surface area contributed by atoms with Gasteiger partial charge >= 0.3 is 0 Å². The molecule has 1 heterocycles. The lowest BCUT2D eigenvalue weighted by Crippen LogP contribution is -2.41. The van der Waals surface area contributed by atoms with Crippen molar-refractivity contribution in [3.8, 4) is 5.75 Å². The molecule has 0 radical (unpaired) electrons. The predicted octanol–water partition coefficient (Wildman–Crippen LogP) is 3.08. The highest BCUT2D eigenvalue weighted by Crippen LogP contribution is 2.35. The van der Waals surface area contributed by atoms with Gasteiger partial charge in [-0.05, 0) is 57.5 Å². The van der Waals surface area contributed by atoms with Crippen molar-refractivity contribution in [3.05, 3.63) is 53.6 Å². The first-order valence-corrected chi connectivity index (χ1v) is 12.2. The standard InChI is InChI=1S/C23H29N3O5S/c1-15-10-11-19-18(14-15)26(32(5,29)30)13-12-20(31-19)22(28)24-17-9-7-6-8-16(17)21(27)25-23(2,3)4/h6-11,14,20H,12-13H2,1-5H3,(H,24,28)(H,25,27)/t20-/m0/s1. The molecule has 0 fully saturated rings. The Hall–Kier alpha value is -3.07. The van der Waals surface area contributed by atoms with Crippen molar-refractivity contribution >= 4 is 33.2 Å². The molecule has 1 atom stereocenters. The number of para-hydroxylation sites is 1. The highest BCUT2D eigenvalue weighted by molar-refractivity contribution is 7.92. The van der Waals surface area contributed by atoms with Crippen LogP contribution < -0.4 is 19.7 Å². The quantitative estimate of drug-likeness (QED) is 0.731. The van der Waals surface area contributed by atoms with Crippen molar-refractivity contribution in [3.63, 3.8) is 0 Å². The fraction of sp³-hybridized carbons (Fsp3) is 0.391. The van der Waals surface area contributed by atoms with Crippen molar-refractivity contribution < 1.29 is 22.7 Å². The smallest absolute Gasteiger partial charge is 0.265 e. The van der Waals surface area contributed by atoms with Crippen LogP contribution in [0.2, 0.25) is 0 Å². The van der Waals surface area contributed by atoms with E-state index >= 15 is 0 Å². The summed E-state index contributed by atoms with van der Waals surface area (Å²) in [6, 6.07) is 11.9. The molecule has 0 bridgehead atoms. The molecule has 8 nitrogen and oxygen atoms in total. The van der Waals surface area contributed by atoms with Gasteiger partial charge in [0, 0.05) is 18.5 Å². The van der Waals surface area contributed by atoms with Crippen molar-refractivity contribution in [1.82, 2.24) is 5.32 Å². The average Bonchev–Trinajstić information content (AvgIpc) is 2.86. The fourth-order valence-corrected chi connectivity index (χ4v) is 4.37. The Morgan fingerprint density at radius 1 is 1.12 bits per heavy atom. The number of amides is 2. The number of carbonyl (C=O) groups is 2. The van der Waals surface area contributed by atoms with Gasteiger partial charge in [-0.1, -0.05) is 18.2 Å². The third-order valence-corrected chi connectivity index (χ3v) is 6.04. The van der Waals surface area contributed by atoms with E-state index in [1.54, 1.807) is 42.5 Å². The molecule has 2 N–H and O–H groups in total. The summed E-state index contributed by atoms with van der Waals surface area (Å²) in [4.78, 5) is 25.8. The van der Waals surface area contributed by atoms with Crippen LogP contribution in [-0.2, 0) is 14.8 Å². The molecule has 2 aromatic rings. The largest absolute Gasteiger partial charge is 0.478 e. The van der Waals surface area contributed by atoms with E-state index in [9.17, 15) is 18.0 Å². The average molecular weight is 460 g/mol. The number of hydrogen-bond acceptors (Lipinski definition) is 5. The van der Waals surface area contributed by atoms with E-state index in [-0.39, 0.29) is 18.9 Å². The van der Waals surface area contributed by atoms with Crippen LogP contribution in [0.1, 0.15) is 43.1 Å². The zero-order chi connectivity index (χ0) is 23.7. The summed E-state index contributed by atoms with van der Waals surface area (Å²) in [7, 11) is -3.55. The number of benzene rings is 2. The Balaban J connectivity index is 1.86. The first-order valence-electron chi connectivity index (χ1n) is 10.3. The molecular formula is C23H29N3O5S. The monoisotopic (exact) mass is 459 g/mol. The summed E-state index contributed by atoms with van der Waals surface area (Å²) in [6.45, 7) is 7.57. The second kappa shape index (κ2) is 8.82. The van der Waals surface area contributed by atoms with E-state index in [0.717, 1.165) is 11.8 Å². The molecular weight excluding hydrogens is 430 g/mol. The minimum atomic E-state index is -3.55. The normalized spacial score (nSPS) is 16.4. The molecule has 9 heteroatoms. The topological polar surface area (TPSA) is 105 Å². The maximum Gasteiger partial charge on any atom is 0.265 e. The zero-order valence-corrected chi connectivity index (χ0v) is 19.7. The van der Waals surface area contributed by atoms with Crippen molar-refractivity contribution in [2.45, 2.75) is 45.8 Å². The van der Waals surface area contributed by atoms with Crippen LogP contribution >= 0.6 is 0 Å². The summed E-state index contributed by atoms with van der Waals surface area (Å²) in [5.74, 6) is -0.445. The summed E-state index contributed by atoms with van der Waals surface area (Å²) in [5, 5.41) is 5.66. The molecule has 1 aliphatic rings. The Labute approximate surface area is 189 Å². The Morgan fingerprint density at radius 2 is 1.81 bits per heavy atom. The lowest BCUT2D eigenvalue weighted by molar-refractivity contribution is -0.122. The number of fused-ring (bicyclic) bond motifs is 1. The lowest BCUT2D eigenvalue weighted by Gasteiger charge is -2.22. The van der Waals surface area contributed by atoms with Gasteiger partial charge in [0.2, 0.25) is 10.0 Å². The molecule has 2 aromatic carbocycles. The van der Waals surface area contributed by atoms with Crippen LogP contribution in [0.3, 0.4) is 0 Å². The van der Waals surface area contributed by atoms with Gasteiger partial charge in [0.25, 0.3) is 11.8 Å². The second-order valence-electron chi connectivity index (χ2n) is 8.94. The van der Waals surface area contributed by atoms with Crippen LogP contribution in [0.4, 0.5) is 11.4 Å². The van der Waals surface area contributed by atoms with Crippen LogP contribution in [0.25, 0.3) is 0 Å². The van der Waals surface area contributed by atoms with Gasteiger partial charge in [-0.3, -0.25) is 13.9 Å². The Morgan fingerprint density at radius 3 is 2.47 bits per heavy atom. The minimum absolute atomic E-state index is 0.0968. The SMILES string of the molecule is Cc1ccc2c(c1)N(S(C)(=O)=O)CC[C@@H](C(=O)Nc1ccccc1C(=O)NC(C)(C)C)O2. The van der Waals surface area contributed by atoms with E-state index in [0.29, 0.717) is 22.7 Å². The number of nitrogens with one attached hydrogen (secondary N) is 2. The number of rotatable bonds is 4. The summed E-state index contributed by atoms with van der Waals surface area (Å²) >= 11 is 0. The molecule has 0 unspecified atom stereocenters. The van der Waals surface area contributed by atoms with Gasteiger partial charge in [0.05, 0.1) is 23.2 Å². The number of nitrogens with zero attached hydrogens (tertiary/aromatic N) is 1. The van der Waals surface area contributed by atoms with Crippen LogP contribution in [-0.4, -0.2) is 44.7 Å². The first-order chi connectivity index (χ1) is 14.8. The van der Waals surface area contributed by atoms with Gasteiger partial charge in [0.1, 0.15) is 5.75 Å². The predicted molar refractivity (Wildman–Crippen MR) is 125 cm³/mol. The lowest BCUT2D eigenvalue weighted by atomic mass is 10.1. The van der Waals surface area contributed by atoms with Crippen molar-refractivity contribution in [2.24, 2.45) is 0 Å². The van der Waals surface area contributed by atoms with Crippen LogP contribution in [0.5, 0.6) is 5.75 Å². The van der Waals surface area contributed by atoms with Gasteiger partial charge in [-0.25, -0.2) is 8.42 Å². The third-order valence-electron chi connectivity index (χ3n) is 4.86. The highest BCUT2D eigenvalue weighted by Gasteiger charge is 2.32. The van der Waals surface area contributed by atoms with Crippen molar-refractivity contribution in [1.29, 1.82) is 0 Å². The van der Waals surface area contributed by atoms with Gasteiger partial charge < -0.3 is 15.4 Å². The first kappa shape index (κ1) is 23.6. The minimum Gasteiger partial charge on any atom is -0.478 e. The number of carbonyl (C=O) groups excluding carboxylic acids is 2. The molecule has 32 heavy (non-hydrogen) atoms. The summed E-state index contributed by atoms with van der Waals surface area (Å²) in [6.07, 6.45) is 0.356. The van der Waals surface area contributed by atoms with E-state index in [1.807, 2.05) is 27.7 Å². The van der Waals surface area contributed by atoms with E-state index in [2.05, 4.69) is 10.6 Å². The number of sulfonamides is 1. The van der Waals surface area contributed by atoms with E-state index in [1.165, 1.54) is 4.31 Å². The number of anilines is 2. The van der Waals surface area contributed by atoms with Gasteiger partial charge in [-0.15, -0.1) is 0 Å². The van der Waals surface area contributed by atoms with Crippen LogP contribution in [0.15, 0.2) is 42.5 Å². The molecule has 0 aromatic heterocycles. The fourth-order valence-electron chi connectivity index (χ4n) is 3.43. The highest BCUT2D eigenvalue weighted by atomic mass is 32.2. The molecule has 1 aliphatic heterocycles. The molecule has 3 rings (SSSR count). The summed E-state index contributed by atoms with van der Waals surface area (Å²) < 4.78 is 31.9. The Kier molecular flexibility index (Phi) is 6.50. The maximum atomic E-state index is 13.1. The molecule has 0 aliphatic carbocycles. The molecule has 0 saturated carbocycles. The van der Waals surface area contributed by atoms with E-state index in [4.69, 9.17) is 4.74 Å². The third kappa shape index (κ3) is 5.59. The summed E-state index contributed by atoms with van der Waals surface area (Å²) in [5.41, 5.74) is 1.54. The molecule has 0 spiro atoms. The van der Waals surface area contributed by atoms with Gasteiger partial charge in [0.15, 0.2) is 6.10 Å². The Bertz CT molecular complexity index is 1140. The molecule has 2 amide bonds. The molecule has 0 saturated heterocycles. The van der Waals surface area contributed by atoms with E-state index < -0.39 is 27.6 Å². The number of aryl methyl sites for hydroxylation is 1. The maximum absolute atomic E-state index is 13.1. The number of hydrogen-bond donors (Lipinski definition) is 2. The number of ether oxygens (including phenoxy) is 1. The van der Waals surface area contributed by atoms with Crippen molar-refractivity contribution in [2.75, 3.05) is 22.4 Å². The second-order valence-corrected chi connectivity index (χ2v) is 10.8. The molecule has 172 valence electrons. The van der Waals surface area contributed by atoms with Crippen LogP contribution in [0, 0.1) is 6.92 Å².